The summed E-state index contributed by atoms with van der Waals surface area (Å²) in [6, 6.07) is 11.3. The van der Waals surface area contributed by atoms with Crippen LogP contribution in [0.5, 0.6) is 0 Å². The lowest BCUT2D eigenvalue weighted by Crippen LogP contribution is -2.32. The van der Waals surface area contributed by atoms with Crippen LogP contribution in [-0.4, -0.2) is 42.5 Å². The second kappa shape index (κ2) is 9.17. The molecule has 1 aliphatic heterocycles. The number of aromatic amines is 1. The summed E-state index contributed by atoms with van der Waals surface area (Å²) in [5, 5.41) is 2.55. The number of benzene rings is 1. The zero-order chi connectivity index (χ0) is 24.8. The third kappa shape index (κ3) is 4.09. The fourth-order valence-corrected chi connectivity index (χ4v) is 5.89. The van der Waals surface area contributed by atoms with Crippen LogP contribution in [0.15, 0.2) is 55.1 Å². The van der Waals surface area contributed by atoms with Crippen molar-refractivity contribution >= 4 is 21.9 Å². The fraction of sp³-hybridized carbons (Fsp3) is 0.367. The number of piperidine rings is 1. The Morgan fingerprint density at radius 3 is 2.56 bits per heavy atom. The molecule has 0 unspecified atom stereocenters. The van der Waals surface area contributed by atoms with Crippen LogP contribution in [-0.2, 0) is 13.6 Å². The van der Waals surface area contributed by atoms with Crippen molar-refractivity contribution in [2.45, 2.75) is 52.0 Å². The molecule has 0 atom stereocenters. The third-order valence-electron chi connectivity index (χ3n) is 7.74. The Morgan fingerprint density at radius 1 is 1.03 bits per heavy atom. The highest BCUT2D eigenvalue weighted by molar-refractivity contribution is 5.99. The molecule has 5 aromatic rings. The molecular formula is C30H34N6. The van der Waals surface area contributed by atoms with E-state index in [4.69, 9.17) is 0 Å². The first-order valence-corrected chi connectivity index (χ1v) is 13.0. The van der Waals surface area contributed by atoms with E-state index >= 15 is 0 Å². The Bertz CT molecular complexity index is 1520. The normalized spacial score (nSPS) is 15.5. The zero-order valence-corrected chi connectivity index (χ0v) is 21.6. The topological polar surface area (TPSA) is 62.6 Å². The molecule has 0 radical (unpaired) electrons. The van der Waals surface area contributed by atoms with E-state index in [0.717, 1.165) is 31.1 Å². The summed E-state index contributed by atoms with van der Waals surface area (Å²) in [6.07, 6.45) is 10.4. The lowest BCUT2D eigenvalue weighted by molar-refractivity contribution is 0.204. The van der Waals surface area contributed by atoms with E-state index in [2.05, 4.69) is 80.8 Å². The average Bonchev–Trinajstić information content (AvgIpc) is 3.43. The largest absolute Gasteiger partial charge is 0.354 e. The smallest absolute Gasteiger partial charge is 0.140 e. The number of pyridine rings is 1. The molecule has 1 aliphatic rings. The van der Waals surface area contributed by atoms with E-state index in [1.807, 2.05) is 31.6 Å². The minimum atomic E-state index is 0.412. The third-order valence-corrected chi connectivity index (χ3v) is 7.74. The molecule has 0 bridgehead atoms. The second-order valence-electron chi connectivity index (χ2n) is 10.6. The Balaban J connectivity index is 1.29. The van der Waals surface area contributed by atoms with Crippen LogP contribution in [0, 0.1) is 6.92 Å². The maximum Gasteiger partial charge on any atom is 0.140 e. The minimum Gasteiger partial charge on any atom is -0.354 e. The number of hydrogen-bond donors (Lipinski definition) is 1. The van der Waals surface area contributed by atoms with Crippen molar-refractivity contribution in [2.75, 3.05) is 13.1 Å². The van der Waals surface area contributed by atoms with Gasteiger partial charge in [0.1, 0.15) is 11.5 Å². The Kier molecular flexibility index (Phi) is 5.84. The van der Waals surface area contributed by atoms with Crippen LogP contribution in [0.1, 0.15) is 61.0 Å². The molecule has 1 N–H and O–H groups in total. The van der Waals surface area contributed by atoms with E-state index in [1.165, 1.54) is 57.1 Å². The highest BCUT2D eigenvalue weighted by Gasteiger charge is 2.24. The van der Waals surface area contributed by atoms with Crippen molar-refractivity contribution in [1.82, 2.24) is 29.4 Å². The van der Waals surface area contributed by atoms with Crippen molar-refractivity contribution in [3.05, 3.63) is 77.6 Å². The SMILES string of the molecule is Cc1ncc(CN2CCC(c3ccc4[nH]c(-c5cn(C)c6ncccc56)c(C(C)C)c4c3)CC2)cn1. The first-order chi connectivity index (χ1) is 17.5. The minimum absolute atomic E-state index is 0.412. The van der Waals surface area contributed by atoms with Gasteiger partial charge in [0.25, 0.3) is 0 Å². The lowest BCUT2D eigenvalue weighted by Gasteiger charge is -2.32. The number of nitrogens with one attached hydrogen (secondary N) is 1. The second-order valence-corrected chi connectivity index (χ2v) is 10.6. The maximum absolute atomic E-state index is 4.61. The van der Waals surface area contributed by atoms with Gasteiger partial charge in [-0.15, -0.1) is 0 Å². The van der Waals surface area contributed by atoms with E-state index in [-0.39, 0.29) is 0 Å². The van der Waals surface area contributed by atoms with Crippen LogP contribution in [0.25, 0.3) is 33.2 Å². The number of H-pyrrole nitrogens is 1. The first kappa shape index (κ1) is 22.9. The van der Waals surface area contributed by atoms with Gasteiger partial charge in [-0.25, -0.2) is 15.0 Å². The summed E-state index contributed by atoms with van der Waals surface area (Å²) in [5.41, 5.74) is 8.76. The quantitative estimate of drug-likeness (QED) is 0.321. The summed E-state index contributed by atoms with van der Waals surface area (Å²) >= 11 is 0. The molecule has 36 heavy (non-hydrogen) atoms. The van der Waals surface area contributed by atoms with Gasteiger partial charge in [-0.3, -0.25) is 4.90 Å². The van der Waals surface area contributed by atoms with E-state index < -0.39 is 0 Å². The number of likely N-dealkylation sites (tertiary alicyclic amines) is 1. The number of aromatic nitrogens is 5. The zero-order valence-electron chi connectivity index (χ0n) is 21.6. The summed E-state index contributed by atoms with van der Waals surface area (Å²) in [6.45, 7) is 9.68. The van der Waals surface area contributed by atoms with Crippen molar-refractivity contribution in [3.63, 3.8) is 0 Å². The van der Waals surface area contributed by atoms with Gasteiger partial charge in [-0.1, -0.05) is 19.9 Å². The monoisotopic (exact) mass is 478 g/mol. The highest BCUT2D eigenvalue weighted by atomic mass is 15.1. The van der Waals surface area contributed by atoms with Crippen LogP contribution < -0.4 is 0 Å². The van der Waals surface area contributed by atoms with Crippen molar-refractivity contribution in [3.8, 4) is 11.3 Å². The van der Waals surface area contributed by atoms with Gasteiger partial charge in [-0.2, -0.15) is 0 Å². The molecule has 0 saturated carbocycles. The number of rotatable bonds is 5. The molecule has 4 aromatic heterocycles. The van der Waals surface area contributed by atoms with Gasteiger partial charge in [-0.05, 0) is 80.1 Å². The molecule has 0 amide bonds. The summed E-state index contributed by atoms with van der Waals surface area (Å²) in [4.78, 5) is 19.6. The standard InChI is InChI=1S/C30H34N6/c1-19(2)28-25-14-23(22-9-12-36(13-10-22)17-21-15-32-20(3)33-16-21)7-8-27(25)34-29(28)26-18-35(4)30-24(26)6-5-11-31-30/h5-8,11,14-16,18-19,22,34H,9-10,12-13,17H2,1-4H3. The summed E-state index contributed by atoms with van der Waals surface area (Å²) in [7, 11) is 2.08. The van der Waals surface area contributed by atoms with Crippen LogP contribution in [0.3, 0.4) is 0 Å². The molecule has 1 fully saturated rings. The molecule has 6 rings (SSSR count). The Hall–Kier alpha value is -3.51. The first-order valence-electron chi connectivity index (χ1n) is 13.0. The van der Waals surface area contributed by atoms with Gasteiger partial charge < -0.3 is 9.55 Å². The van der Waals surface area contributed by atoms with Gasteiger partial charge in [0.05, 0.1) is 5.69 Å². The summed E-state index contributed by atoms with van der Waals surface area (Å²) < 4.78 is 2.13. The predicted molar refractivity (Wildman–Crippen MR) is 146 cm³/mol. The van der Waals surface area contributed by atoms with E-state index in [9.17, 15) is 0 Å². The highest BCUT2D eigenvalue weighted by Crippen LogP contribution is 2.40. The molecule has 0 aliphatic carbocycles. The van der Waals surface area contributed by atoms with E-state index in [1.54, 1.807) is 0 Å². The van der Waals surface area contributed by atoms with Crippen LogP contribution in [0.4, 0.5) is 0 Å². The molecule has 1 aromatic carbocycles. The summed E-state index contributed by atoms with van der Waals surface area (Å²) in [5.74, 6) is 1.84. The molecule has 1 saturated heterocycles. The van der Waals surface area contributed by atoms with Gasteiger partial charge in [0.2, 0.25) is 0 Å². The van der Waals surface area contributed by atoms with Crippen LogP contribution in [0.2, 0.25) is 0 Å². The number of hydrogen-bond acceptors (Lipinski definition) is 4. The number of nitrogens with zero attached hydrogens (tertiary/aromatic N) is 5. The van der Waals surface area contributed by atoms with Crippen molar-refractivity contribution in [1.29, 1.82) is 0 Å². The van der Waals surface area contributed by atoms with Crippen LogP contribution >= 0.6 is 0 Å². The van der Waals surface area contributed by atoms with E-state index in [0.29, 0.717) is 11.8 Å². The molecule has 6 nitrogen and oxygen atoms in total. The molecule has 5 heterocycles. The molecule has 6 heteroatoms. The fourth-order valence-electron chi connectivity index (χ4n) is 5.89. The van der Waals surface area contributed by atoms with Gasteiger partial charge >= 0.3 is 0 Å². The van der Waals surface area contributed by atoms with Gasteiger partial charge in [0, 0.05) is 65.8 Å². The molecule has 0 spiro atoms. The van der Waals surface area contributed by atoms with Gasteiger partial charge in [0.15, 0.2) is 0 Å². The Labute approximate surface area is 212 Å². The van der Waals surface area contributed by atoms with Crippen molar-refractivity contribution in [2.24, 2.45) is 7.05 Å². The maximum atomic E-state index is 4.61. The Morgan fingerprint density at radius 2 is 1.81 bits per heavy atom. The average molecular weight is 479 g/mol. The predicted octanol–water partition coefficient (Wildman–Crippen LogP) is 6.32. The number of fused-ring (bicyclic) bond motifs is 2. The number of aryl methyl sites for hydroxylation is 2. The lowest BCUT2D eigenvalue weighted by atomic mass is 9.87. The van der Waals surface area contributed by atoms with Crippen molar-refractivity contribution < 1.29 is 0 Å². The molecule has 184 valence electrons. The molecular weight excluding hydrogens is 444 g/mol.